The molecule has 1 aliphatic carbocycles. The van der Waals surface area contributed by atoms with Crippen molar-refractivity contribution in [2.45, 2.75) is 19.0 Å². The van der Waals surface area contributed by atoms with Gasteiger partial charge in [-0.05, 0) is 30.5 Å². The molecule has 0 radical (unpaired) electrons. The number of aryl methyl sites for hydroxylation is 2. The first-order valence-electron chi connectivity index (χ1n) is 8.76. The van der Waals surface area contributed by atoms with Crippen molar-refractivity contribution in [2.75, 3.05) is 19.5 Å². The fourth-order valence-corrected chi connectivity index (χ4v) is 4.23. The third kappa shape index (κ3) is 3.56. The number of aromatic nitrogens is 3. The Balaban J connectivity index is 1.65. The molecule has 1 amide bonds. The first kappa shape index (κ1) is 20.1. The highest BCUT2D eigenvalue weighted by atomic mass is 32.1. The van der Waals surface area contributed by atoms with Gasteiger partial charge in [-0.25, -0.2) is 15.0 Å². The number of carbonyl (C=O) groups is 1. The van der Waals surface area contributed by atoms with Gasteiger partial charge in [0.25, 0.3) is 5.91 Å². The molecule has 30 heavy (non-hydrogen) atoms. The number of rotatable bonds is 4. The summed E-state index contributed by atoms with van der Waals surface area (Å²) in [6, 6.07) is 3.63. The van der Waals surface area contributed by atoms with Crippen LogP contribution in [0.3, 0.4) is 0 Å². The summed E-state index contributed by atoms with van der Waals surface area (Å²) in [5.41, 5.74) is 1.13. The molecule has 3 aromatic rings. The van der Waals surface area contributed by atoms with E-state index in [1.54, 1.807) is 0 Å². The third-order valence-corrected chi connectivity index (χ3v) is 5.65. The predicted octanol–water partition coefficient (Wildman–Crippen LogP) is 3.99. The molecule has 0 unspecified atom stereocenters. The van der Waals surface area contributed by atoms with E-state index in [4.69, 9.17) is 9.47 Å². The number of halogens is 3. The van der Waals surface area contributed by atoms with Crippen LogP contribution in [-0.2, 0) is 19.0 Å². The first-order chi connectivity index (χ1) is 14.3. The van der Waals surface area contributed by atoms with E-state index in [9.17, 15) is 18.0 Å². The van der Waals surface area contributed by atoms with E-state index in [-0.39, 0.29) is 17.3 Å². The average molecular weight is 436 g/mol. The monoisotopic (exact) mass is 436 g/mol. The number of benzene rings is 1. The number of nitrogens with one attached hydrogen (secondary N) is 1. The molecule has 7 nitrogen and oxygen atoms in total. The Morgan fingerprint density at radius 2 is 1.83 bits per heavy atom. The molecule has 1 aromatic carbocycles. The Morgan fingerprint density at radius 1 is 1.13 bits per heavy atom. The Labute approximate surface area is 172 Å². The summed E-state index contributed by atoms with van der Waals surface area (Å²) in [5.74, 6) is -0.473. The molecule has 2 aromatic heterocycles. The van der Waals surface area contributed by atoms with Crippen LogP contribution in [0.25, 0.3) is 11.3 Å². The Bertz CT molecular complexity index is 1110. The van der Waals surface area contributed by atoms with Crippen molar-refractivity contribution in [3.8, 4) is 23.0 Å². The molecule has 0 atom stereocenters. The van der Waals surface area contributed by atoms with Crippen LogP contribution in [0.4, 0.5) is 18.3 Å². The maximum Gasteiger partial charge on any atom is 0.416 e. The topological polar surface area (TPSA) is 86.2 Å². The largest absolute Gasteiger partial charge is 0.480 e. The zero-order chi connectivity index (χ0) is 21.5. The number of thiazole rings is 1. The summed E-state index contributed by atoms with van der Waals surface area (Å²) in [5, 5.41) is 2.99. The van der Waals surface area contributed by atoms with Crippen LogP contribution in [-0.4, -0.2) is 35.1 Å². The molecule has 11 heteroatoms. The van der Waals surface area contributed by atoms with Crippen LogP contribution < -0.4 is 14.8 Å². The SMILES string of the molecule is COc1ncnc(OC)c1C(=O)Nc1nc2c(s1)CCc1cc(C(F)(F)F)ccc1-2. The normalized spacial score (nSPS) is 12.7. The fraction of sp³-hybridized carbons (Fsp3) is 0.263. The molecular formula is C19H15F3N4O3S. The number of hydrogen-bond acceptors (Lipinski definition) is 7. The van der Waals surface area contributed by atoms with Gasteiger partial charge in [-0.3, -0.25) is 10.1 Å². The molecule has 0 fully saturated rings. The van der Waals surface area contributed by atoms with Crippen molar-refractivity contribution in [3.05, 3.63) is 46.1 Å². The number of ether oxygens (including phenoxy) is 2. The van der Waals surface area contributed by atoms with Crippen LogP contribution in [0, 0.1) is 0 Å². The maximum absolute atomic E-state index is 13.0. The summed E-state index contributed by atoms with van der Waals surface area (Å²) in [7, 11) is 2.74. The second kappa shape index (κ2) is 7.56. The van der Waals surface area contributed by atoms with Crippen molar-refractivity contribution in [3.63, 3.8) is 0 Å². The number of alkyl halides is 3. The standard InChI is InChI=1S/C19H15F3N4O3S/c1-28-16-13(17(29-2)24-8-23-16)15(27)26-18-25-14-11-5-4-10(19(20,21)22)7-9(11)3-6-12(14)30-18/h4-5,7-8H,3,6H2,1-2H3,(H,25,26,27). The second-order valence-electron chi connectivity index (χ2n) is 6.38. The number of fused-ring (bicyclic) bond motifs is 3. The minimum Gasteiger partial charge on any atom is -0.480 e. The fourth-order valence-electron chi connectivity index (χ4n) is 3.26. The molecule has 4 rings (SSSR count). The van der Waals surface area contributed by atoms with Crippen LogP contribution in [0.5, 0.6) is 11.8 Å². The van der Waals surface area contributed by atoms with E-state index in [1.165, 1.54) is 38.0 Å². The van der Waals surface area contributed by atoms with Crippen LogP contribution in [0.15, 0.2) is 24.5 Å². The molecule has 0 bridgehead atoms. The zero-order valence-electron chi connectivity index (χ0n) is 15.8. The van der Waals surface area contributed by atoms with Gasteiger partial charge in [0.2, 0.25) is 11.8 Å². The summed E-state index contributed by atoms with van der Waals surface area (Å²) in [6.45, 7) is 0. The smallest absolute Gasteiger partial charge is 0.416 e. The van der Waals surface area contributed by atoms with Crippen LogP contribution in [0.1, 0.15) is 26.4 Å². The summed E-state index contributed by atoms with van der Waals surface area (Å²) in [4.78, 5) is 25.9. The quantitative estimate of drug-likeness (QED) is 0.666. The Morgan fingerprint density at radius 3 is 2.47 bits per heavy atom. The molecule has 1 N–H and O–H groups in total. The third-order valence-electron chi connectivity index (χ3n) is 4.62. The summed E-state index contributed by atoms with van der Waals surface area (Å²) >= 11 is 1.27. The lowest BCUT2D eigenvalue weighted by Gasteiger charge is -2.17. The highest BCUT2D eigenvalue weighted by Crippen LogP contribution is 2.41. The van der Waals surface area contributed by atoms with Gasteiger partial charge in [0.05, 0.1) is 25.5 Å². The predicted molar refractivity (Wildman–Crippen MR) is 103 cm³/mol. The van der Waals surface area contributed by atoms with Crippen molar-refractivity contribution >= 4 is 22.4 Å². The van der Waals surface area contributed by atoms with E-state index < -0.39 is 17.6 Å². The van der Waals surface area contributed by atoms with Gasteiger partial charge in [0.1, 0.15) is 6.33 Å². The molecule has 156 valence electrons. The number of anilines is 1. The Hall–Kier alpha value is -3.21. The number of carbonyl (C=O) groups excluding carboxylic acids is 1. The van der Waals surface area contributed by atoms with Gasteiger partial charge in [-0.15, -0.1) is 11.3 Å². The number of nitrogens with zero attached hydrogens (tertiary/aromatic N) is 3. The highest BCUT2D eigenvalue weighted by molar-refractivity contribution is 7.16. The van der Waals surface area contributed by atoms with E-state index in [0.717, 1.165) is 17.0 Å². The van der Waals surface area contributed by atoms with Crippen LogP contribution in [0.2, 0.25) is 0 Å². The lowest BCUT2D eigenvalue weighted by molar-refractivity contribution is -0.137. The Kier molecular flexibility index (Phi) is 5.06. The molecule has 1 aliphatic rings. The van der Waals surface area contributed by atoms with Gasteiger partial charge >= 0.3 is 6.18 Å². The van der Waals surface area contributed by atoms with E-state index in [0.29, 0.717) is 34.8 Å². The van der Waals surface area contributed by atoms with Gasteiger partial charge in [-0.2, -0.15) is 13.2 Å². The van der Waals surface area contributed by atoms with E-state index >= 15 is 0 Å². The first-order valence-corrected chi connectivity index (χ1v) is 9.58. The van der Waals surface area contributed by atoms with Crippen molar-refractivity contribution < 1.29 is 27.4 Å². The van der Waals surface area contributed by atoms with Crippen molar-refractivity contribution in [1.29, 1.82) is 0 Å². The summed E-state index contributed by atoms with van der Waals surface area (Å²) < 4.78 is 49.2. The maximum atomic E-state index is 13.0. The van der Waals surface area contributed by atoms with E-state index in [1.807, 2.05) is 0 Å². The number of amides is 1. The summed E-state index contributed by atoms with van der Waals surface area (Å²) in [6.07, 6.45) is -2.18. The molecule has 0 saturated carbocycles. The number of methoxy groups -OCH3 is 2. The van der Waals surface area contributed by atoms with Gasteiger partial charge in [-0.1, -0.05) is 6.07 Å². The molecule has 0 saturated heterocycles. The number of hydrogen-bond donors (Lipinski definition) is 1. The van der Waals surface area contributed by atoms with E-state index in [2.05, 4.69) is 20.3 Å². The van der Waals surface area contributed by atoms with Gasteiger partial charge < -0.3 is 9.47 Å². The highest BCUT2D eigenvalue weighted by Gasteiger charge is 2.32. The minimum atomic E-state index is -4.40. The molecule has 0 spiro atoms. The molecule has 2 heterocycles. The average Bonchev–Trinajstić information content (AvgIpc) is 3.14. The second-order valence-corrected chi connectivity index (χ2v) is 7.47. The van der Waals surface area contributed by atoms with Crippen LogP contribution >= 0.6 is 11.3 Å². The molecular weight excluding hydrogens is 421 g/mol. The van der Waals surface area contributed by atoms with Crippen molar-refractivity contribution in [2.24, 2.45) is 0 Å². The lowest BCUT2D eigenvalue weighted by Crippen LogP contribution is -2.16. The van der Waals surface area contributed by atoms with Gasteiger partial charge in [0, 0.05) is 10.4 Å². The lowest BCUT2D eigenvalue weighted by atomic mass is 9.92. The van der Waals surface area contributed by atoms with Gasteiger partial charge in [0.15, 0.2) is 10.7 Å². The zero-order valence-corrected chi connectivity index (χ0v) is 16.6. The van der Waals surface area contributed by atoms with Crippen molar-refractivity contribution in [1.82, 2.24) is 15.0 Å². The minimum absolute atomic E-state index is 0.0193. The molecule has 0 aliphatic heterocycles.